The van der Waals surface area contributed by atoms with Crippen molar-refractivity contribution in [2.24, 2.45) is 0 Å². The van der Waals surface area contributed by atoms with Crippen LogP contribution in [0.5, 0.6) is 0 Å². The minimum atomic E-state index is 0.985. The predicted octanol–water partition coefficient (Wildman–Crippen LogP) is 3.69. The first-order chi connectivity index (χ1) is 9.28. The highest BCUT2D eigenvalue weighted by Crippen LogP contribution is 2.25. The van der Waals surface area contributed by atoms with Crippen LogP contribution in [0.4, 0.5) is 0 Å². The largest absolute Gasteiger partial charge is 0.393 e. The normalized spacial score (nSPS) is 13.4. The van der Waals surface area contributed by atoms with Crippen LogP contribution in [0.15, 0.2) is 55.4 Å². The number of rotatable bonds is 6. The lowest BCUT2D eigenvalue weighted by Crippen LogP contribution is -1.97. The monoisotopic (exact) mass is 255 g/mol. The maximum Gasteiger partial charge on any atom is 0.0743 e. The number of nitrogens with one attached hydrogen (secondary N) is 2. The van der Waals surface area contributed by atoms with Crippen LogP contribution >= 0.6 is 0 Å². The molecular weight excluding hydrogens is 234 g/mol. The predicted molar refractivity (Wildman–Crippen MR) is 83.4 cm³/mol. The van der Waals surface area contributed by atoms with Crippen molar-refractivity contribution in [2.45, 2.75) is 13.8 Å². The van der Waals surface area contributed by atoms with Gasteiger partial charge < -0.3 is 5.32 Å². The summed E-state index contributed by atoms with van der Waals surface area (Å²) in [6.07, 6.45) is 15.6. The molecule has 1 rings (SSSR count). The van der Waals surface area contributed by atoms with Crippen molar-refractivity contribution in [3.8, 4) is 0 Å². The maximum absolute atomic E-state index is 4.16. The fraction of sp³-hybridized carbons (Fsp3) is 0.188. The molecule has 1 aromatic rings. The lowest BCUT2D eigenvalue weighted by molar-refractivity contribution is 1.06. The van der Waals surface area contributed by atoms with Crippen molar-refractivity contribution in [2.75, 3.05) is 7.05 Å². The molecular formula is C16H21N3. The molecule has 19 heavy (non-hydrogen) atoms. The summed E-state index contributed by atoms with van der Waals surface area (Å²) in [7, 11) is 1.88. The third kappa shape index (κ3) is 3.85. The van der Waals surface area contributed by atoms with Crippen LogP contribution in [0.2, 0.25) is 0 Å². The molecule has 2 N–H and O–H groups in total. The van der Waals surface area contributed by atoms with Gasteiger partial charge in [-0.15, -0.1) is 0 Å². The molecule has 3 heteroatoms. The molecule has 0 amide bonds. The van der Waals surface area contributed by atoms with Crippen molar-refractivity contribution in [3.63, 3.8) is 0 Å². The second-order valence-electron chi connectivity index (χ2n) is 3.89. The molecule has 0 aliphatic rings. The molecule has 0 fully saturated rings. The highest BCUT2D eigenvalue weighted by atomic mass is 15.1. The Morgan fingerprint density at radius 1 is 1.32 bits per heavy atom. The third-order valence-corrected chi connectivity index (χ3v) is 2.61. The molecule has 3 nitrogen and oxygen atoms in total. The lowest BCUT2D eigenvalue weighted by Gasteiger charge is -2.05. The first-order valence-electron chi connectivity index (χ1n) is 6.28. The molecule has 0 saturated carbocycles. The van der Waals surface area contributed by atoms with Gasteiger partial charge in [-0.2, -0.15) is 5.10 Å². The van der Waals surface area contributed by atoms with Gasteiger partial charge in [0.1, 0.15) is 0 Å². The summed E-state index contributed by atoms with van der Waals surface area (Å²) >= 11 is 0. The van der Waals surface area contributed by atoms with Gasteiger partial charge in [-0.05, 0) is 19.4 Å². The van der Waals surface area contributed by atoms with Gasteiger partial charge in [-0.1, -0.05) is 43.0 Å². The summed E-state index contributed by atoms with van der Waals surface area (Å²) in [5.74, 6) is 0. The van der Waals surface area contributed by atoms with Crippen molar-refractivity contribution in [1.29, 1.82) is 0 Å². The molecule has 0 atom stereocenters. The van der Waals surface area contributed by atoms with Crippen molar-refractivity contribution >= 4 is 11.1 Å². The molecule has 0 aromatic carbocycles. The number of allylic oxidation sites excluding steroid dienone is 8. The van der Waals surface area contributed by atoms with Gasteiger partial charge in [-0.25, -0.2) is 0 Å². The number of nitrogens with zero attached hydrogens (tertiary/aromatic N) is 1. The quantitative estimate of drug-likeness (QED) is 0.761. The summed E-state index contributed by atoms with van der Waals surface area (Å²) in [4.78, 5) is 0. The van der Waals surface area contributed by atoms with E-state index in [2.05, 4.69) is 34.2 Å². The zero-order chi connectivity index (χ0) is 14.1. The molecule has 0 saturated heterocycles. The van der Waals surface area contributed by atoms with Crippen LogP contribution in [0.3, 0.4) is 0 Å². The molecule has 1 heterocycles. The molecule has 1 aromatic heterocycles. The standard InChI is InChI=1S/C16H21N3/c1-5-8-10-14(11-17-4)16-15(12-18-19-16)13(7-3)9-6-2/h5-12,17H,1H2,2-4H3,(H,18,19)/b9-6-,10-8-,13-7+,14-11+. The molecule has 100 valence electrons. The Hall–Kier alpha value is -2.29. The summed E-state index contributed by atoms with van der Waals surface area (Å²) in [5.41, 5.74) is 4.23. The Balaban J connectivity index is 3.27. The number of hydrogen-bond donors (Lipinski definition) is 2. The van der Waals surface area contributed by atoms with E-state index in [-0.39, 0.29) is 0 Å². The number of hydrogen-bond acceptors (Lipinski definition) is 2. The highest BCUT2D eigenvalue weighted by molar-refractivity contribution is 5.84. The highest BCUT2D eigenvalue weighted by Gasteiger charge is 2.10. The van der Waals surface area contributed by atoms with Gasteiger partial charge >= 0.3 is 0 Å². The third-order valence-electron chi connectivity index (χ3n) is 2.61. The van der Waals surface area contributed by atoms with Crippen molar-refractivity contribution < 1.29 is 0 Å². The van der Waals surface area contributed by atoms with E-state index in [1.807, 2.05) is 51.5 Å². The van der Waals surface area contributed by atoms with Gasteiger partial charge in [0.25, 0.3) is 0 Å². The van der Waals surface area contributed by atoms with E-state index in [9.17, 15) is 0 Å². The van der Waals surface area contributed by atoms with E-state index in [4.69, 9.17) is 0 Å². The molecule has 0 aliphatic heterocycles. The van der Waals surface area contributed by atoms with Gasteiger partial charge in [0, 0.05) is 24.4 Å². The van der Waals surface area contributed by atoms with E-state index in [1.54, 1.807) is 6.08 Å². The number of aromatic nitrogens is 2. The van der Waals surface area contributed by atoms with Crippen molar-refractivity contribution in [1.82, 2.24) is 15.5 Å². The summed E-state index contributed by atoms with van der Waals surface area (Å²) in [6, 6.07) is 0. The zero-order valence-electron chi connectivity index (χ0n) is 11.8. The van der Waals surface area contributed by atoms with Gasteiger partial charge in [0.05, 0.1) is 11.9 Å². The fourth-order valence-corrected chi connectivity index (χ4v) is 1.78. The fourth-order valence-electron chi connectivity index (χ4n) is 1.78. The SMILES string of the molecule is C=C/C=C\C(=C/NC)c1[nH]ncc1C(/C=C\C)=C/C. The Morgan fingerprint density at radius 2 is 2.11 bits per heavy atom. The van der Waals surface area contributed by atoms with Crippen LogP contribution in [-0.2, 0) is 0 Å². The Bertz CT molecular complexity index is 528. The smallest absolute Gasteiger partial charge is 0.0743 e. The first kappa shape index (κ1) is 14.8. The van der Waals surface area contributed by atoms with Crippen LogP contribution in [0.1, 0.15) is 25.1 Å². The van der Waals surface area contributed by atoms with Crippen LogP contribution < -0.4 is 5.32 Å². The molecule has 0 aliphatic carbocycles. The Labute approximate surface area is 115 Å². The minimum Gasteiger partial charge on any atom is -0.393 e. The van der Waals surface area contributed by atoms with E-state index >= 15 is 0 Å². The summed E-state index contributed by atoms with van der Waals surface area (Å²) in [5, 5.41) is 10.3. The molecule has 0 bridgehead atoms. The van der Waals surface area contributed by atoms with Crippen LogP contribution in [-0.4, -0.2) is 17.2 Å². The summed E-state index contributed by atoms with van der Waals surface area (Å²) in [6.45, 7) is 7.72. The van der Waals surface area contributed by atoms with Gasteiger partial charge in [0.15, 0.2) is 0 Å². The molecule has 0 spiro atoms. The second-order valence-corrected chi connectivity index (χ2v) is 3.89. The van der Waals surface area contributed by atoms with E-state index in [0.717, 1.165) is 22.4 Å². The van der Waals surface area contributed by atoms with Crippen molar-refractivity contribution in [3.05, 3.63) is 66.7 Å². The number of H-pyrrole nitrogens is 1. The topological polar surface area (TPSA) is 40.7 Å². The zero-order valence-corrected chi connectivity index (χ0v) is 11.8. The Morgan fingerprint density at radius 3 is 2.68 bits per heavy atom. The average molecular weight is 255 g/mol. The number of aromatic amines is 1. The first-order valence-corrected chi connectivity index (χ1v) is 6.28. The van der Waals surface area contributed by atoms with E-state index < -0.39 is 0 Å². The van der Waals surface area contributed by atoms with Gasteiger partial charge in [-0.3, -0.25) is 5.10 Å². The van der Waals surface area contributed by atoms with Crippen LogP contribution in [0, 0.1) is 0 Å². The van der Waals surface area contributed by atoms with Gasteiger partial charge in [0.2, 0.25) is 0 Å². The summed E-state index contributed by atoms with van der Waals surface area (Å²) < 4.78 is 0. The maximum atomic E-state index is 4.16. The molecule has 0 radical (unpaired) electrons. The van der Waals surface area contributed by atoms with E-state index in [1.165, 1.54) is 0 Å². The second kappa shape index (κ2) is 7.93. The minimum absolute atomic E-state index is 0.985. The average Bonchev–Trinajstić information content (AvgIpc) is 2.89. The Kier molecular flexibility index (Phi) is 6.16. The lowest BCUT2D eigenvalue weighted by atomic mass is 10.0. The van der Waals surface area contributed by atoms with E-state index in [0.29, 0.717) is 0 Å². The molecule has 0 unspecified atom stereocenters. The van der Waals surface area contributed by atoms with Crippen LogP contribution in [0.25, 0.3) is 11.1 Å².